The maximum Gasteiger partial charge on any atom is 0.365 e. The molecule has 0 radical (unpaired) electrons. The van der Waals surface area contributed by atoms with Gasteiger partial charge in [0.15, 0.2) is 5.70 Å². The molecule has 1 fully saturated rings. The first-order valence-corrected chi connectivity index (χ1v) is 8.94. The molecule has 136 valence electrons. The van der Waals surface area contributed by atoms with E-state index in [1.165, 1.54) is 5.56 Å². The molecular formula is C21H26N3O2+. The second-order valence-electron chi connectivity index (χ2n) is 6.58. The molecule has 5 nitrogen and oxygen atoms in total. The number of para-hydroxylation sites is 1. The van der Waals surface area contributed by atoms with Crippen molar-refractivity contribution in [2.75, 3.05) is 7.05 Å². The molecule has 3 rings (SSSR count). The topological polar surface area (TPSA) is 81.0 Å². The van der Waals surface area contributed by atoms with E-state index in [9.17, 15) is 4.79 Å². The van der Waals surface area contributed by atoms with E-state index in [0.717, 1.165) is 24.2 Å². The summed E-state index contributed by atoms with van der Waals surface area (Å²) in [7, 11) is 1.82. The second kappa shape index (κ2) is 8.65. The van der Waals surface area contributed by atoms with Gasteiger partial charge in [-0.05, 0) is 30.5 Å². The van der Waals surface area contributed by atoms with Crippen LogP contribution in [0.1, 0.15) is 18.4 Å². The summed E-state index contributed by atoms with van der Waals surface area (Å²) in [4.78, 5) is 12.4. The van der Waals surface area contributed by atoms with E-state index < -0.39 is 0 Å². The average Bonchev–Trinajstić information content (AvgIpc) is 2.64. The number of carbonyl (C=O) groups is 1. The van der Waals surface area contributed by atoms with E-state index in [1.54, 1.807) is 5.32 Å². The number of amides is 1. The number of carbonyl (C=O) groups excluding carboxylic acids is 1. The number of rotatable bonds is 7. The fraction of sp³-hybridized carbons (Fsp3) is 0.286. The lowest BCUT2D eigenvalue weighted by Crippen LogP contribution is -2.83. The number of ether oxygens (including phenoxy) is 1. The Labute approximate surface area is 154 Å². The van der Waals surface area contributed by atoms with Crippen LogP contribution < -0.4 is 16.4 Å². The van der Waals surface area contributed by atoms with Crippen LogP contribution in [-0.4, -0.2) is 19.1 Å². The molecule has 2 aromatic carbocycles. The molecular weight excluding hydrogens is 326 g/mol. The normalized spacial score (nSPS) is 20.0. The van der Waals surface area contributed by atoms with Gasteiger partial charge in [0.2, 0.25) is 0 Å². The van der Waals surface area contributed by atoms with Crippen molar-refractivity contribution in [2.24, 2.45) is 11.7 Å². The minimum Gasteiger partial charge on any atom is -0.389 e. The van der Waals surface area contributed by atoms with Crippen LogP contribution in [0.2, 0.25) is 0 Å². The van der Waals surface area contributed by atoms with E-state index in [2.05, 4.69) is 17.4 Å². The molecule has 1 amide bonds. The number of primary amides is 1. The molecule has 0 aliphatic heterocycles. The molecule has 0 heterocycles. The van der Waals surface area contributed by atoms with Crippen molar-refractivity contribution in [1.29, 1.82) is 0 Å². The summed E-state index contributed by atoms with van der Waals surface area (Å²) >= 11 is 0. The number of nitrogens with one attached hydrogen (secondary N) is 1. The van der Waals surface area contributed by atoms with Gasteiger partial charge in [-0.3, -0.25) is 0 Å². The second-order valence-corrected chi connectivity index (χ2v) is 6.58. The van der Waals surface area contributed by atoms with Crippen molar-refractivity contribution in [3.05, 3.63) is 77.6 Å². The van der Waals surface area contributed by atoms with Crippen molar-refractivity contribution in [3.63, 3.8) is 0 Å². The fourth-order valence-electron chi connectivity index (χ4n) is 3.20. The quantitative estimate of drug-likeness (QED) is 0.524. The number of hydrogen-bond donors (Lipinski definition) is 3. The first kappa shape index (κ1) is 18.2. The van der Waals surface area contributed by atoms with Gasteiger partial charge in [0.1, 0.15) is 5.69 Å². The first-order valence-electron chi connectivity index (χ1n) is 8.94. The molecule has 0 unspecified atom stereocenters. The van der Waals surface area contributed by atoms with E-state index in [1.807, 2.05) is 55.6 Å². The van der Waals surface area contributed by atoms with Crippen LogP contribution in [0.4, 0.5) is 5.69 Å². The van der Waals surface area contributed by atoms with Crippen LogP contribution in [0.5, 0.6) is 0 Å². The van der Waals surface area contributed by atoms with E-state index in [-0.39, 0.29) is 17.9 Å². The number of quaternary nitrogens is 1. The summed E-state index contributed by atoms with van der Waals surface area (Å²) in [6.07, 6.45) is 1.97. The Kier molecular flexibility index (Phi) is 6.04. The highest BCUT2D eigenvalue weighted by atomic mass is 16.5. The van der Waals surface area contributed by atoms with Crippen molar-refractivity contribution >= 4 is 11.6 Å². The van der Waals surface area contributed by atoms with Gasteiger partial charge in [-0.1, -0.05) is 48.5 Å². The van der Waals surface area contributed by atoms with Gasteiger partial charge >= 0.3 is 5.91 Å². The Morgan fingerprint density at radius 1 is 1.12 bits per heavy atom. The fourth-order valence-corrected chi connectivity index (χ4v) is 3.20. The Balaban J connectivity index is 1.53. The molecule has 26 heavy (non-hydrogen) atoms. The molecule has 0 bridgehead atoms. The van der Waals surface area contributed by atoms with Gasteiger partial charge in [-0.15, -0.1) is 0 Å². The number of hydrogen-bond acceptors (Lipinski definition) is 4. The third kappa shape index (κ3) is 4.50. The summed E-state index contributed by atoms with van der Waals surface area (Å²) in [5.74, 6) is 0.0862. The summed E-state index contributed by atoms with van der Waals surface area (Å²) in [6.45, 7) is 0.618. The lowest BCUT2D eigenvalue weighted by Gasteiger charge is -2.36. The third-order valence-corrected chi connectivity index (χ3v) is 4.75. The monoisotopic (exact) mass is 352 g/mol. The van der Waals surface area contributed by atoms with Crippen molar-refractivity contribution in [3.8, 4) is 0 Å². The summed E-state index contributed by atoms with van der Waals surface area (Å²) in [5, 5.41) is 4.70. The predicted octanol–water partition coefficient (Wildman–Crippen LogP) is 1.79. The Hall–Kier alpha value is -2.63. The molecule has 2 aromatic rings. The summed E-state index contributed by atoms with van der Waals surface area (Å²) < 4.78 is 5.94. The van der Waals surface area contributed by atoms with Gasteiger partial charge in [0.05, 0.1) is 12.7 Å². The Morgan fingerprint density at radius 2 is 1.73 bits per heavy atom. The van der Waals surface area contributed by atoms with E-state index in [0.29, 0.717) is 12.3 Å². The molecule has 0 atom stereocenters. The summed E-state index contributed by atoms with van der Waals surface area (Å²) in [6, 6.07) is 19.7. The minimum absolute atomic E-state index is 0.158. The van der Waals surface area contributed by atoms with Gasteiger partial charge in [-0.25, -0.2) is 10.1 Å². The van der Waals surface area contributed by atoms with E-state index >= 15 is 0 Å². The van der Waals surface area contributed by atoms with Crippen LogP contribution in [0, 0.1) is 5.92 Å². The lowest BCUT2D eigenvalue weighted by atomic mass is 9.79. The maximum absolute atomic E-state index is 12.4. The lowest BCUT2D eigenvalue weighted by molar-refractivity contribution is -0.479. The van der Waals surface area contributed by atoms with Crippen LogP contribution in [0.3, 0.4) is 0 Å². The van der Waals surface area contributed by atoms with Crippen LogP contribution in [-0.2, 0) is 16.1 Å². The van der Waals surface area contributed by atoms with Gasteiger partial charge in [-0.2, -0.15) is 0 Å². The molecule has 0 aromatic heterocycles. The van der Waals surface area contributed by atoms with Crippen molar-refractivity contribution in [1.82, 2.24) is 5.32 Å². The highest BCUT2D eigenvalue weighted by molar-refractivity contribution is 5.86. The zero-order chi connectivity index (χ0) is 18.4. The van der Waals surface area contributed by atoms with Gasteiger partial charge in [0.25, 0.3) is 0 Å². The van der Waals surface area contributed by atoms with Crippen molar-refractivity contribution < 1.29 is 14.8 Å². The molecule has 0 saturated heterocycles. The molecule has 5 N–H and O–H groups in total. The smallest absolute Gasteiger partial charge is 0.365 e. The summed E-state index contributed by atoms with van der Waals surface area (Å²) in [5.41, 5.74) is 9.28. The van der Waals surface area contributed by atoms with Gasteiger partial charge in [0, 0.05) is 18.7 Å². The molecule has 1 aliphatic carbocycles. The highest BCUT2D eigenvalue weighted by Crippen LogP contribution is 2.35. The van der Waals surface area contributed by atoms with Crippen molar-refractivity contribution in [2.45, 2.75) is 25.6 Å². The van der Waals surface area contributed by atoms with Crippen LogP contribution in [0.15, 0.2) is 72.1 Å². The maximum atomic E-state index is 12.4. The number of nitrogens with two attached hydrogens (primary N) is 2. The molecule has 5 heteroatoms. The molecule has 1 saturated carbocycles. The SMILES string of the molecule is CNC(=C(N)C(=O)[NH2+]c1ccccc1)C1CC(OCc2ccccc2)C1. The standard InChI is InChI=1S/C21H25N3O2/c1-23-20(19(22)21(25)24-17-10-6-3-7-11-17)16-12-18(13-16)26-14-15-8-4-2-5-9-15/h2-11,16,18,23H,12-14,22H2,1H3,(H,24,25)/p+1. The first-order chi connectivity index (χ1) is 12.7. The zero-order valence-electron chi connectivity index (χ0n) is 15.0. The molecule has 0 spiro atoms. The van der Waals surface area contributed by atoms with Gasteiger partial charge < -0.3 is 15.8 Å². The van der Waals surface area contributed by atoms with E-state index in [4.69, 9.17) is 10.5 Å². The number of benzene rings is 2. The average molecular weight is 352 g/mol. The number of allylic oxidation sites excluding steroid dienone is 1. The highest BCUT2D eigenvalue weighted by Gasteiger charge is 2.35. The Morgan fingerprint density at radius 3 is 2.35 bits per heavy atom. The third-order valence-electron chi connectivity index (χ3n) is 4.75. The predicted molar refractivity (Wildman–Crippen MR) is 101 cm³/mol. The zero-order valence-corrected chi connectivity index (χ0v) is 15.0. The largest absolute Gasteiger partial charge is 0.389 e. The molecule has 1 aliphatic rings. The van der Waals surface area contributed by atoms with Crippen LogP contribution >= 0.6 is 0 Å². The Bertz CT molecular complexity index is 753. The minimum atomic E-state index is -0.158. The van der Waals surface area contributed by atoms with Crippen LogP contribution in [0.25, 0.3) is 0 Å².